The first-order valence-corrected chi connectivity index (χ1v) is 9.53. The second-order valence-electron chi connectivity index (χ2n) is 6.42. The Kier molecular flexibility index (Phi) is 4.76. The molecule has 0 aliphatic carbocycles. The highest BCUT2D eigenvalue weighted by Crippen LogP contribution is 2.33. The standard InChI is InChI=1S/C18H17ClN2OS2/c1-18(2,3)12-6-4-11(5-7-12)16(22)21-17-20-13(10-23-17)14-8-9-15(19)24-14/h4-10H,1-3H3,(H,20,21,22). The average molecular weight is 377 g/mol. The number of hydrogen-bond acceptors (Lipinski definition) is 4. The molecule has 1 N–H and O–H groups in total. The van der Waals surface area contributed by atoms with Crippen LogP contribution >= 0.6 is 34.3 Å². The first kappa shape index (κ1) is 17.1. The molecule has 0 aliphatic heterocycles. The molecule has 2 aromatic heterocycles. The van der Waals surface area contributed by atoms with Crippen LogP contribution in [0.5, 0.6) is 0 Å². The van der Waals surface area contributed by atoms with Gasteiger partial charge >= 0.3 is 0 Å². The minimum atomic E-state index is -0.152. The Bertz CT molecular complexity index is 860. The van der Waals surface area contributed by atoms with E-state index in [0.29, 0.717) is 10.7 Å². The van der Waals surface area contributed by atoms with Gasteiger partial charge in [0.15, 0.2) is 5.13 Å². The van der Waals surface area contributed by atoms with E-state index in [2.05, 4.69) is 31.1 Å². The Balaban J connectivity index is 1.72. The van der Waals surface area contributed by atoms with Gasteiger partial charge in [-0.1, -0.05) is 44.5 Å². The van der Waals surface area contributed by atoms with E-state index >= 15 is 0 Å². The molecular weight excluding hydrogens is 360 g/mol. The Hall–Kier alpha value is -1.69. The van der Waals surface area contributed by atoms with Gasteiger partial charge in [0.25, 0.3) is 5.91 Å². The van der Waals surface area contributed by atoms with Crippen LogP contribution in [0.3, 0.4) is 0 Å². The number of thiazole rings is 1. The fourth-order valence-electron chi connectivity index (χ4n) is 2.19. The maximum atomic E-state index is 12.4. The summed E-state index contributed by atoms with van der Waals surface area (Å²) < 4.78 is 0.725. The van der Waals surface area contributed by atoms with E-state index < -0.39 is 0 Å². The van der Waals surface area contributed by atoms with Crippen molar-refractivity contribution in [3.63, 3.8) is 0 Å². The molecular formula is C18H17ClN2OS2. The highest BCUT2D eigenvalue weighted by molar-refractivity contribution is 7.20. The number of hydrogen-bond donors (Lipinski definition) is 1. The van der Waals surface area contributed by atoms with Crippen LogP contribution in [-0.4, -0.2) is 10.9 Å². The quantitative estimate of drug-likeness (QED) is 0.602. The normalized spacial score (nSPS) is 11.5. The van der Waals surface area contributed by atoms with Crippen LogP contribution in [0.4, 0.5) is 5.13 Å². The molecule has 0 unspecified atom stereocenters. The fourth-order valence-corrected chi connectivity index (χ4v) is 3.97. The molecule has 0 fully saturated rings. The predicted octanol–water partition coefficient (Wildman–Crippen LogP) is 6.07. The zero-order chi connectivity index (χ0) is 17.3. The molecule has 0 radical (unpaired) electrons. The van der Waals surface area contributed by atoms with Crippen molar-refractivity contribution in [1.29, 1.82) is 0 Å². The van der Waals surface area contributed by atoms with E-state index in [1.165, 1.54) is 28.2 Å². The third kappa shape index (κ3) is 3.86. The highest BCUT2D eigenvalue weighted by atomic mass is 35.5. The highest BCUT2D eigenvalue weighted by Gasteiger charge is 2.15. The molecule has 0 aliphatic rings. The third-order valence-electron chi connectivity index (χ3n) is 3.56. The lowest BCUT2D eigenvalue weighted by atomic mass is 9.87. The lowest BCUT2D eigenvalue weighted by Crippen LogP contribution is -2.14. The van der Waals surface area contributed by atoms with Crippen molar-refractivity contribution < 1.29 is 4.79 Å². The maximum absolute atomic E-state index is 12.4. The summed E-state index contributed by atoms with van der Waals surface area (Å²) in [6.45, 7) is 6.45. The molecule has 2 heterocycles. The second kappa shape index (κ2) is 6.67. The molecule has 0 spiro atoms. The van der Waals surface area contributed by atoms with Gasteiger partial charge in [-0.05, 0) is 35.2 Å². The van der Waals surface area contributed by atoms with Crippen molar-refractivity contribution in [2.45, 2.75) is 26.2 Å². The van der Waals surface area contributed by atoms with Crippen LogP contribution < -0.4 is 5.32 Å². The smallest absolute Gasteiger partial charge is 0.257 e. The monoisotopic (exact) mass is 376 g/mol. The Labute approximate surface area is 154 Å². The van der Waals surface area contributed by atoms with E-state index in [-0.39, 0.29) is 11.3 Å². The van der Waals surface area contributed by atoms with Crippen LogP contribution in [0.1, 0.15) is 36.7 Å². The Morgan fingerprint density at radius 2 is 1.83 bits per heavy atom. The van der Waals surface area contributed by atoms with Gasteiger partial charge in [-0.3, -0.25) is 10.1 Å². The first-order chi connectivity index (χ1) is 11.3. The fraction of sp³-hybridized carbons (Fsp3) is 0.222. The van der Waals surface area contributed by atoms with Gasteiger partial charge < -0.3 is 0 Å². The summed E-state index contributed by atoms with van der Waals surface area (Å²) in [6, 6.07) is 11.5. The van der Waals surface area contributed by atoms with E-state index in [9.17, 15) is 4.79 Å². The lowest BCUT2D eigenvalue weighted by Gasteiger charge is -2.18. The minimum Gasteiger partial charge on any atom is -0.298 e. The molecule has 124 valence electrons. The summed E-state index contributed by atoms with van der Waals surface area (Å²) in [5.41, 5.74) is 2.72. The van der Waals surface area contributed by atoms with Gasteiger partial charge in [0.05, 0.1) is 14.9 Å². The summed E-state index contributed by atoms with van der Waals surface area (Å²) >= 11 is 8.83. The van der Waals surface area contributed by atoms with E-state index in [0.717, 1.165) is 14.9 Å². The van der Waals surface area contributed by atoms with Gasteiger partial charge in [0.2, 0.25) is 0 Å². The van der Waals surface area contributed by atoms with Crippen molar-refractivity contribution in [3.8, 4) is 10.6 Å². The Morgan fingerprint density at radius 3 is 2.42 bits per heavy atom. The lowest BCUT2D eigenvalue weighted by molar-refractivity contribution is 0.102. The number of carbonyl (C=O) groups excluding carboxylic acids is 1. The van der Waals surface area contributed by atoms with Crippen molar-refractivity contribution in [2.75, 3.05) is 5.32 Å². The van der Waals surface area contributed by atoms with Crippen LogP contribution in [-0.2, 0) is 5.41 Å². The SMILES string of the molecule is CC(C)(C)c1ccc(C(=O)Nc2nc(-c3ccc(Cl)s3)cs2)cc1. The largest absolute Gasteiger partial charge is 0.298 e. The van der Waals surface area contributed by atoms with Gasteiger partial charge in [0.1, 0.15) is 0 Å². The van der Waals surface area contributed by atoms with Crippen LogP contribution in [0.25, 0.3) is 10.6 Å². The number of nitrogens with one attached hydrogen (secondary N) is 1. The minimum absolute atomic E-state index is 0.0706. The zero-order valence-corrected chi connectivity index (χ0v) is 16.0. The van der Waals surface area contributed by atoms with Crippen molar-refractivity contribution in [2.24, 2.45) is 0 Å². The van der Waals surface area contributed by atoms with E-state index in [4.69, 9.17) is 11.6 Å². The topological polar surface area (TPSA) is 42.0 Å². The summed E-state index contributed by atoms with van der Waals surface area (Å²) in [7, 11) is 0. The van der Waals surface area contributed by atoms with E-state index in [1.807, 2.05) is 41.8 Å². The number of amides is 1. The van der Waals surface area contributed by atoms with Crippen LogP contribution in [0.15, 0.2) is 41.8 Å². The molecule has 0 saturated carbocycles. The molecule has 3 rings (SSSR count). The summed E-state index contributed by atoms with van der Waals surface area (Å²) in [5.74, 6) is -0.152. The van der Waals surface area contributed by atoms with Gasteiger partial charge in [-0.2, -0.15) is 0 Å². The van der Waals surface area contributed by atoms with Gasteiger partial charge in [-0.15, -0.1) is 22.7 Å². The van der Waals surface area contributed by atoms with Crippen LogP contribution in [0, 0.1) is 0 Å². The predicted molar refractivity (Wildman–Crippen MR) is 104 cm³/mol. The number of aromatic nitrogens is 1. The van der Waals surface area contributed by atoms with Gasteiger partial charge in [-0.25, -0.2) is 4.98 Å². The molecule has 0 atom stereocenters. The molecule has 1 amide bonds. The molecule has 1 aromatic carbocycles. The molecule has 0 bridgehead atoms. The van der Waals surface area contributed by atoms with Crippen molar-refractivity contribution in [1.82, 2.24) is 4.98 Å². The molecule has 3 aromatic rings. The second-order valence-corrected chi connectivity index (χ2v) is 9.00. The summed E-state index contributed by atoms with van der Waals surface area (Å²) in [5, 5.41) is 5.35. The number of nitrogens with zero attached hydrogens (tertiary/aromatic N) is 1. The van der Waals surface area contributed by atoms with Gasteiger partial charge in [0, 0.05) is 10.9 Å². The third-order valence-corrected chi connectivity index (χ3v) is 5.57. The van der Waals surface area contributed by atoms with Crippen LogP contribution in [0.2, 0.25) is 4.34 Å². The molecule has 24 heavy (non-hydrogen) atoms. The Morgan fingerprint density at radius 1 is 1.12 bits per heavy atom. The summed E-state index contributed by atoms with van der Waals surface area (Å²) in [4.78, 5) is 17.8. The zero-order valence-electron chi connectivity index (χ0n) is 13.6. The number of thiophene rings is 1. The maximum Gasteiger partial charge on any atom is 0.257 e. The number of rotatable bonds is 3. The number of benzene rings is 1. The number of halogens is 1. The molecule has 0 saturated heterocycles. The first-order valence-electron chi connectivity index (χ1n) is 7.46. The van der Waals surface area contributed by atoms with Crippen molar-refractivity contribution in [3.05, 3.63) is 57.2 Å². The number of carbonyl (C=O) groups is 1. The number of anilines is 1. The van der Waals surface area contributed by atoms with E-state index in [1.54, 1.807) is 0 Å². The average Bonchev–Trinajstić information content (AvgIpc) is 3.15. The van der Waals surface area contributed by atoms with Crippen molar-refractivity contribution >= 4 is 45.3 Å². The molecule has 3 nitrogen and oxygen atoms in total. The summed E-state index contributed by atoms with van der Waals surface area (Å²) in [6.07, 6.45) is 0. The molecule has 6 heteroatoms.